The molecule has 3 nitrogen and oxygen atoms in total. The van der Waals surface area contributed by atoms with Crippen molar-refractivity contribution in [2.24, 2.45) is 0 Å². The number of nitrogens with one attached hydrogen (secondary N) is 1. The highest BCUT2D eigenvalue weighted by atomic mass is 19.1. The number of methoxy groups -OCH3 is 1. The van der Waals surface area contributed by atoms with E-state index in [4.69, 9.17) is 4.74 Å². The van der Waals surface area contributed by atoms with Gasteiger partial charge < -0.3 is 10.1 Å². The fourth-order valence-corrected chi connectivity index (χ4v) is 2.23. The van der Waals surface area contributed by atoms with Crippen LogP contribution >= 0.6 is 0 Å². The van der Waals surface area contributed by atoms with Gasteiger partial charge in [-0.05, 0) is 37.1 Å². The first-order valence-electron chi connectivity index (χ1n) is 6.73. The van der Waals surface area contributed by atoms with Crippen LogP contribution in [-0.4, -0.2) is 13.0 Å². The van der Waals surface area contributed by atoms with E-state index in [2.05, 4.69) is 5.32 Å². The maximum absolute atomic E-state index is 13.9. The second-order valence-electron chi connectivity index (χ2n) is 4.90. The van der Waals surface area contributed by atoms with E-state index in [1.807, 2.05) is 38.1 Å². The van der Waals surface area contributed by atoms with Crippen LogP contribution < -0.4 is 10.1 Å². The van der Waals surface area contributed by atoms with Crippen molar-refractivity contribution in [2.45, 2.75) is 19.9 Å². The van der Waals surface area contributed by atoms with Crippen molar-refractivity contribution < 1.29 is 13.9 Å². The molecule has 1 unspecified atom stereocenters. The fraction of sp³-hybridized carbons (Fsp3) is 0.235. The largest absolute Gasteiger partial charge is 0.497 e. The van der Waals surface area contributed by atoms with Gasteiger partial charge in [-0.2, -0.15) is 0 Å². The van der Waals surface area contributed by atoms with Crippen LogP contribution in [0.4, 0.5) is 4.39 Å². The SMILES string of the molecule is COc1ccc(C(=O)NC(C)c2ccccc2C)c(F)c1. The van der Waals surface area contributed by atoms with Crippen LogP contribution in [0, 0.1) is 12.7 Å². The van der Waals surface area contributed by atoms with Crippen LogP contribution in [0.5, 0.6) is 5.75 Å². The molecular weight excluding hydrogens is 269 g/mol. The Labute approximate surface area is 123 Å². The van der Waals surface area contributed by atoms with Crippen LogP contribution in [-0.2, 0) is 0 Å². The molecule has 0 aliphatic heterocycles. The molecule has 1 atom stereocenters. The predicted octanol–water partition coefficient (Wildman–Crippen LogP) is 3.63. The van der Waals surface area contributed by atoms with Crippen LogP contribution in [0.25, 0.3) is 0 Å². The molecular formula is C17H18FNO2. The van der Waals surface area contributed by atoms with Crippen molar-refractivity contribution in [3.63, 3.8) is 0 Å². The summed E-state index contributed by atoms with van der Waals surface area (Å²) in [6.07, 6.45) is 0. The van der Waals surface area contributed by atoms with E-state index in [0.717, 1.165) is 11.1 Å². The molecule has 2 aromatic carbocycles. The van der Waals surface area contributed by atoms with E-state index in [1.54, 1.807) is 6.07 Å². The van der Waals surface area contributed by atoms with Crippen molar-refractivity contribution >= 4 is 5.91 Å². The standard InChI is InChI=1S/C17H18FNO2/c1-11-6-4-5-7-14(11)12(2)19-17(20)15-9-8-13(21-3)10-16(15)18/h4-10,12H,1-3H3,(H,19,20). The fourth-order valence-electron chi connectivity index (χ4n) is 2.23. The van der Waals surface area contributed by atoms with Gasteiger partial charge in [0, 0.05) is 6.07 Å². The molecule has 0 saturated carbocycles. The van der Waals surface area contributed by atoms with Gasteiger partial charge in [-0.15, -0.1) is 0 Å². The minimum absolute atomic E-state index is 0.0104. The van der Waals surface area contributed by atoms with Gasteiger partial charge in [0.2, 0.25) is 0 Å². The molecule has 1 amide bonds. The number of benzene rings is 2. The lowest BCUT2D eigenvalue weighted by Crippen LogP contribution is -2.27. The predicted molar refractivity (Wildman–Crippen MR) is 80.0 cm³/mol. The van der Waals surface area contributed by atoms with Gasteiger partial charge in [-0.3, -0.25) is 4.79 Å². The van der Waals surface area contributed by atoms with Gasteiger partial charge in [0.05, 0.1) is 18.7 Å². The van der Waals surface area contributed by atoms with Crippen LogP contribution in [0.2, 0.25) is 0 Å². The van der Waals surface area contributed by atoms with Crippen molar-refractivity contribution in [3.05, 3.63) is 65.0 Å². The summed E-state index contributed by atoms with van der Waals surface area (Å²) in [5.74, 6) is -0.647. The highest BCUT2D eigenvalue weighted by molar-refractivity contribution is 5.94. The summed E-state index contributed by atoms with van der Waals surface area (Å²) in [6.45, 7) is 3.85. The van der Waals surface area contributed by atoms with Crippen molar-refractivity contribution in [3.8, 4) is 5.75 Å². The highest BCUT2D eigenvalue weighted by Gasteiger charge is 2.16. The normalized spacial score (nSPS) is 11.8. The van der Waals surface area contributed by atoms with Crippen LogP contribution in [0.3, 0.4) is 0 Å². The van der Waals surface area contributed by atoms with Gasteiger partial charge in [0.15, 0.2) is 0 Å². The smallest absolute Gasteiger partial charge is 0.254 e. The first kappa shape index (κ1) is 15.0. The molecule has 0 aliphatic carbocycles. The third-order valence-corrected chi connectivity index (χ3v) is 3.42. The van der Waals surface area contributed by atoms with E-state index < -0.39 is 11.7 Å². The Kier molecular flexibility index (Phi) is 4.58. The number of hydrogen-bond donors (Lipinski definition) is 1. The van der Waals surface area contributed by atoms with Crippen molar-refractivity contribution in [1.29, 1.82) is 0 Å². The summed E-state index contributed by atoms with van der Waals surface area (Å²) >= 11 is 0. The zero-order valence-corrected chi connectivity index (χ0v) is 12.3. The number of ether oxygens (including phenoxy) is 1. The zero-order chi connectivity index (χ0) is 15.4. The number of halogens is 1. The lowest BCUT2D eigenvalue weighted by atomic mass is 10.0. The molecule has 0 saturated heterocycles. The summed E-state index contributed by atoms with van der Waals surface area (Å²) in [6, 6.07) is 11.8. The average Bonchev–Trinajstić information content (AvgIpc) is 2.47. The molecule has 0 radical (unpaired) electrons. The molecule has 110 valence electrons. The van der Waals surface area contributed by atoms with E-state index in [9.17, 15) is 9.18 Å². The summed E-state index contributed by atoms with van der Waals surface area (Å²) in [7, 11) is 1.45. The minimum Gasteiger partial charge on any atom is -0.497 e. The average molecular weight is 287 g/mol. The number of rotatable bonds is 4. The summed E-state index contributed by atoms with van der Waals surface area (Å²) in [5.41, 5.74) is 2.11. The highest BCUT2D eigenvalue weighted by Crippen LogP contribution is 2.19. The third kappa shape index (κ3) is 3.40. The number of aryl methyl sites for hydroxylation is 1. The second-order valence-corrected chi connectivity index (χ2v) is 4.90. The zero-order valence-electron chi connectivity index (χ0n) is 12.3. The lowest BCUT2D eigenvalue weighted by molar-refractivity contribution is 0.0935. The Bertz CT molecular complexity index is 655. The second kappa shape index (κ2) is 6.39. The Hall–Kier alpha value is -2.36. The molecule has 0 fully saturated rings. The number of carbonyl (C=O) groups is 1. The maximum Gasteiger partial charge on any atom is 0.254 e. The van der Waals surface area contributed by atoms with Gasteiger partial charge in [0.25, 0.3) is 5.91 Å². The molecule has 0 heterocycles. The molecule has 4 heteroatoms. The maximum atomic E-state index is 13.9. The van der Waals surface area contributed by atoms with Crippen molar-refractivity contribution in [2.75, 3.05) is 7.11 Å². The molecule has 0 aliphatic rings. The Balaban J connectivity index is 2.16. The molecule has 0 aromatic heterocycles. The number of hydrogen-bond acceptors (Lipinski definition) is 2. The van der Waals surface area contributed by atoms with Gasteiger partial charge in [-0.1, -0.05) is 24.3 Å². The summed E-state index contributed by atoms with van der Waals surface area (Å²) in [4.78, 5) is 12.2. The molecule has 21 heavy (non-hydrogen) atoms. The summed E-state index contributed by atoms with van der Waals surface area (Å²) in [5, 5.41) is 2.81. The van der Waals surface area contributed by atoms with Gasteiger partial charge in [0.1, 0.15) is 11.6 Å². The Morgan fingerprint density at radius 1 is 1.24 bits per heavy atom. The first-order chi connectivity index (χ1) is 10.0. The molecule has 1 N–H and O–H groups in total. The van der Waals surface area contributed by atoms with Gasteiger partial charge in [-0.25, -0.2) is 4.39 Å². The van der Waals surface area contributed by atoms with Crippen LogP contribution in [0.15, 0.2) is 42.5 Å². The summed E-state index contributed by atoms with van der Waals surface area (Å²) < 4.78 is 18.8. The van der Waals surface area contributed by atoms with Gasteiger partial charge >= 0.3 is 0 Å². The minimum atomic E-state index is -0.594. The molecule has 0 spiro atoms. The Morgan fingerprint density at radius 2 is 1.95 bits per heavy atom. The quantitative estimate of drug-likeness (QED) is 0.932. The molecule has 0 bridgehead atoms. The van der Waals surface area contributed by atoms with E-state index in [0.29, 0.717) is 5.75 Å². The van der Waals surface area contributed by atoms with E-state index in [-0.39, 0.29) is 11.6 Å². The lowest BCUT2D eigenvalue weighted by Gasteiger charge is -2.17. The van der Waals surface area contributed by atoms with E-state index in [1.165, 1.54) is 19.2 Å². The molecule has 2 rings (SSSR count). The number of carbonyl (C=O) groups excluding carboxylic acids is 1. The topological polar surface area (TPSA) is 38.3 Å². The van der Waals surface area contributed by atoms with Crippen LogP contribution in [0.1, 0.15) is 34.5 Å². The third-order valence-electron chi connectivity index (χ3n) is 3.42. The monoisotopic (exact) mass is 287 g/mol. The Morgan fingerprint density at radius 3 is 2.57 bits per heavy atom. The number of amides is 1. The first-order valence-corrected chi connectivity index (χ1v) is 6.73. The van der Waals surface area contributed by atoms with E-state index >= 15 is 0 Å². The van der Waals surface area contributed by atoms with Crippen molar-refractivity contribution in [1.82, 2.24) is 5.32 Å². The molecule has 2 aromatic rings.